The number of carbonyl (C=O) groups is 3. The van der Waals surface area contributed by atoms with Gasteiger partial charge in [0.2, 0.25) is 0 Å². The van der Waals surface area contributed by atoms with Gasteiger partial charge in [-0.05, 0) is 60.4 Å². The smallest absolute Gasteiger partial charge is 0.166 e. The van der Waals surface area contributed by atoms with E-state index in [1.54, 1.807) is 12.1 Å². The van der Waals surface area contributed by atoms with Gasteiger partial charge >= 0.3 is 0 Å². The van der Waals surface area contributed by atoms with Crippen LogP contribution in [0.4, 0.5) is 0 Å². The Kier molecular flexibility index (Phi) is 5.01. The third-order valence-corrected chi connectivity index (χ3v) is 7.34. The van der Waals surface area contributed by atoms with Gasteiger partial charge in [0, 0.05) is 31.1 Å². The van der Waals surface area contributed by atoms with Crippen LogP contribution in [0.25, 0.3) is 0 Å². The summed E-state index contributed by atoms with van der Waals surface area (Å²) in [5.74, 6) is -0.0170. The van der Waals surface area contributed by atoms with E-state index < -0.39 is 5.41 Å². The maximum absolute atomic E-state index is 13.1. The van der Waals surface area contributed by atoms with Crippen LogP contribution < -0.4 is 0 Å². The predicted octanol–water partition coefficient (Wildman–Crippen LogP) is 3.90. The molecule has 0 aromatic heterocycles. The predicted molar refractivity (Wildman–Crippen MR) is 114 cm³/mol. The summed E-state index contributed by atoms with van der Waals surface area (Å²) in [6.45, 7) is 1.53. The molecule has 3 aliphatic rings. The first-order valence-electron chi connectivity index (χ1n) is 11.1. The lowest BCUT2D eigenvalue weighted by atomic mass is 9.70. The average Bonchev–Trinajstić information content (AvgIpc) is 3.24. The van der Waals surface area contributed by atoms with Crippen molar-refractivity contribution in [2.75, 3.05) is 13.2 Å². The second kappa shape index (κ2) is 7.72. The first-order valence-corrected chi connectivity index (χ1v) is 11.1. The molecular weight excluding hydrogens is 392 g/mol. The fourth-order valence-corrected chi connectivity index (χ4v) is 5.65. The first-order chi connectivity index (χ1) is 15.0. The SMILES string of the molecule is O=C1CC(=O)[C@](CC2Cc3ccc(O)cc3C2=O)(c2ccc(C3CCOCC3)cc2)C1. The second-order valence-electron chi connectivity index (χ2n) is 9.22. The number of hydrogen-bond acceptors (Lipinski definition) is 5. The molecule has 2 aromatic carbocycles. The molecule has 2 aliphatic carbocycles. The number of fused-ring (bicyclic) bond motifs is 1. The monoisotopic (exact) mass is 418 g/mol. The summed E-state index contributed by atoms with van der Waals surface area (Å²) >= 11 is 0. The molecule has 5 rings (SSSR count). The normalized spacial score (nSPS) is 26.5. The molecule has 2 atom stereocenters. The summed E-state index contributed by atoms with van der Waals surface area (Å²) in [7, 11) is 0. The number of benzene rings is 2. The van der Waals surface area contributed by atoms with Crippen LogP contribution in [0, 0.1) is 5.92 Å². The van der Waals surface area contributed by atoms with Crippen molar-refractivity contribution < 1.29 is 24.2 Å². The number of carbonyl (C=O) groups excluding carboxylic acids is 3. The van der Waals surface area contributed by atoms with Crippen molar-refractivity contribution >= 4 is 17.3 Å². The van der Waals surface area contributed by atoms with E-state index in [1.807, 2.05) is 12.1 Å². The first kappa shape index (κ1) is 20.1. The molecule has 1 aliphatic heterocycles. The molecule has 0 amide bonds. The highest BCUT2D eigenvalue weighted by Gasteiger charge is 2.50. The molecule has 1 saturated carbocycles. The van der Waals surface area contributed by atoms with Gasteiger partial charge in [0.25, 0.3) is 0 Å². The van der Waals surface area contributed by atoms with Crippen molar-refractivity contribution in [3.63, 3.8) is 0 Å². The van der Waals surface area contributed by atoms with Crippen LogP contribution in [0.15, 0.2) is 42.5 Å². The maximum atomic E-state index is 13.1. The van der Waals surface area contributed by atoms with E-state index in [0.29, 0.717) is 24.3 Å². The van der Waals surface area contributed by atoms with E-state index in [0.717, 1.165) is 37.2 Å². The van der Waals surface area contributed by atoms with Gasteiger partial charge in [-0.25, -0.2) is 0 Å². The van der Waals surface area contributed by atoms with Gasteiger partial charge < -0.3 is 9.84 Å². The number of phenolic OH excluding ortho intramolecular Hbond substituents is 1. The van der Waals surface area contributed by atoms with Gasteiger partial charge in [-0.3, -0.25) is 14.4 Å². The topological polar surface area (TPSA) is 80.7 Å². The summed E-state index contributed by atoms with van der Waals surface area (Å²) in [5.41, 5.74) is 2.57. The lowest BCUT2D eigenvalue weighted by molar-refractivity contribution is -0.123. The minimum atomic E-state index is -0.935. The molecular formula is C26H26O5. The third kappa shape index (κ3) is 3.51. The maximum Gasteiger partial charge on any atom is 0.166 e. The fraction of sp³-hybridized carbons (Fsp3) is 0.423. The van der Waals surface area contributed by atoms with Crippen LogP contribution in [0.3, 0.4) is 0 Å². The molecule has 0 spiro atoms. The summed E-state index contributed by atoms with van der Waals surface area (Å²) in [5, 5.41) is 9.76. The van der Waals surface area contributed by atoms with E-state index >= 15 is 0 Å². The van der Waals surface area contributed by atoms with E-state index in [4.69, 9.17) is 4.74 Å². The van der Waals surface area contributed by atoms with E-state index in [9.17, 15) is 19.5 Å². The van der Waals surface area contributed by atoms with Crippen LogP contribution in [0.2, 0.25) is 0 Å². The average molecular weight is 418 g/mol. The minimum absolute atomic E-state index is 0.0451. The highest BCUT2D eigenvalue weighted by molar-refractivity contribution is 6.13. The van der Waals surface area contributed by atoms with Crippen LogP contribution in [0.5, 0.6) is 5.75 Å². The number of Topliss-reactive ketones (excluding diaryl/α,β-unsaturated/α-hetero) is 3. The summed E-state index contributed by atoms with van der Waals surface area (Å²) < 4.78 is 5.46. The second-order valence-corrected chi connectivity index (χ2v) is 9.22. The van der Waals surface area contributed by atoms with Crippen molar-refractivity contribution in [2.45, 2.75) is 49.9 Å². The van der Waals surface area contributed by atoms with Gasteiger partial charge in [0.15, 0.2) is 11.6 Å². The molecule has 1 saturated heterocycles. The minimum Gasteiger partial charge on any atom is -0.508 e. The molecule has 0 radical (unpaired) electrons. The lowest BCUT2D eigenvalue weighted by Gasteiger charge is -2.30. The Hall–Kier alpha value is -2.79. The Bertz CT molecular complexity index is 1050. The number of hydrogen-bond donors (Lipinski definition) is 1. The van der Waals surface area contributed by atoms with E-state index in [-0.39, 0.29) is 41.9 Å². The van der Waals surface area contributed by atoms with Gasteiger partial charge in [0.05, 0.1) is 11.8 Å². The van der Waals surface area contributed by atoms with Crippen LogP contribution in [0.1, 0.15) is 65.1 Å². The number of phenols is 1. The van der Waals surface area contributed by atoms with Gasteiger partial charge in [0.1, 0.15) is 11.5 Å². The van der Waals surface area contributed by atoms with Gasteiger partial charge in [-0.15, -0.1) is 0 Å². The molecule has 2 fully saturated rings. The van der Waals surface area contributed by atoms with Crippen molar-refractivity contribution in [1.29, 1.82) is 0 Å². The quantitative estimate of drug-likeness (QED) is 0.762. The Morgan fingerprint density at radius 1 is 1.00 bits per heavy atom. The Morgan fingerprint density at radius 3 is 2.42 bits per heavy atom. The van der Waals surface area contributed by atoms with Crippen molar-refractivity contribution in [3.05, 3.63) is 64.7 Å². The summed E-state index contributed by atoms with van der Waals surface area (Å²) in [4.78, 5) is 38.5. The zero-order chi connectivity index (χ0) is 21.6. The van der Waals surface area contributed by atoms with E-state index in [1.165, 1.54) is 11.6 Å². The highest BCUT2D eigenvalue weighted by Crippen LogP contribution is 2.45. The molecule has 0 bridgehead atoms. The summed E-state index contributed by atoms with van der Waals surface area (Å²) in [6, 6.07) is 13.0. The van der Waals surface area contributed by atoms with Crippen LogP contribution >= 0.6 is 0 Å². The number of rotatable bonds is 4. The molecule has 5 nitrogen and oxygen atoms in total. The fourth-order valence-electron chi connectivity index (χ4n) is 5.65. The molecule has 5 heteroatoms. The molecule has 1 heterocycles. The molecule has 1 unspecified atom stereocenters. The number of aromatic hydroxyl groups is 1. The number of ketones is 3. The Balaban J connectivity index is 1.45. The van der Waals surface area contributed by atoms with Crippen LogP contribution in [-0.2, 0) is 26.2 Å². The Morgan fingerprint density at radius 2 is 1.74 bits per heavy atom. The Labute approximate surface area is 181 Å². The standard InChI is InChI=1S/C26H26O5/c27-21-6-3-18-11-19(25(30)23(18)12-21)14-26(15-22(28)13-24(26)29)20-4-1-16(2-5-20)17-7-9-31-10-8-17/h1-6,12,17,19,27H,7-11,13-15H2/t19?,26-/m0/s1. The van der Waals surface area contributed by atoms with Gasteiger partial charge in [-0.2, -0.15) is 0 Å². The molecule has 31 heavy (non-hydrogen) atoms. The molecule has 2 aromatic rings. The zero-order valence-corrected chi connectivity index (χ0v) is 17.4. The lowest BCUT2D eigenvalue weighted by Crippen LogP contribution is -2.35. The molecule has 160 valence electrons. The van der Waals surface area contributed by atoms with Gasteiger partial charge in [-0.1, -0.05) is 30.3 Å². The van der Waals surface area contributed by atoms with Crippen LogP contribution in [-0.4, -0.2) is 35.7 Å². The highest BCUT2D eigenvalue weighted by atomic mass is 16.5. The summed E-state index contributed by atoms with van der Waals surface area (Å²) in [6.07, 6.45) is 2.96. The van der Waals surface area contributed by atoms with E-state index in [2.05, 4.69) is 12.1 Å². The zero-order valence-electron chi connectivity index (χ0n) is 17.4. The van der Waals surface area contributed by atoms with Crippen molar-refractivity contribution in [3.8, 4) is 5.75 Å². The van der Waals surface area contributed by atoms with Crippen molar-refractivity contribution in [1.82, 2.24) is 0 Å². The third-order valence-electron chi connectivity index (χ3n) is 7.34. The largest absolute Gasteiger partial charge is 0.508 e. The number of ether oxygens (including phenoxy) is 1. The molecule has 1 N–H and O–H groups in total. The van der Waals surface area contributed by atoms with Crippen molar-refractivity contribution in [2.24, 2.45) is 5.92 Å².